The quantitative estimate of drug-likeness (QED) is 0.699. The zero-order chi connectivity index (χ0) is 13.5. The highest BCUT2D eigenvalue weighted by molar-refractivity contribution is 6.36. The Morgan fingerprint density at radius 2 is 1.89 bits per heavy atom. The number of pyridine rings is 1. The number of hydrogen-bond donors (Lipinski definition) is 0. The Kier molecular flexibility index (Phi) is 3.37. The Bertz CT molecular complexity index is 594. The second kappa shape index (κ2) is 4.55. The third-order valence-corrected chi connectivity index (χ3v) is 3.85. The number of nitrogens with zero attached hydrogens (tertiary/aromatic N) is 1. The summed E-state index contributed by atoms with van der Waals surface area (Å²) in [6, 6.07) is 6.29. The van der Waals surface area contributed by atoms with Crippen LogP contribution in [0.1, 0.15) is 44.5 Å². The van der Waals surface area contributed by atoms with Crippen LogP contribution in [0.3, 0.4) is 0 Å². The second-order valence-corrected chi connectivity index (χ2v) is 6.17. The molecule has 2 rings (SSSR count). The van der Waals surface area contributed by atoms with Gasteiger partial charge in [-0.25, -0.2) is 0 Å². The minimum Gasteiger partial charge on any atom is -0.252 e. The van der Waals surface area contributed by atoms with Gasteiger partial charge in [0, 0.05) is 11.1 Å². The molecule has 0 radical (unpaired) electrons. The lowest BCUT2D eigenvalue weighted by atomic mass is 9.85. The molecule has 0 N–H and O–H groups in total. The molecule has 1 nitrogen and oxygen atoms in total. The first kappa shape index (κ1) is 13.4. The molecule has 0 unspecified atom stereocenters. The van der Waals surface area contributed by atoms with Crippen LogP contribution in [0.15, 0.2) is 18.2 Å². The van der Waals surface area contributed by atoms with Crippen molar-refractivity contribution in [3.63, 3.8) is 0 Å². The lowest BCUT2D eigenvalue weighted by Crippen LogP contribution is -2.12. The van der Waals surface area contributed by atoms with Gasteiger partial charge >= 0.3 is 0 Å². The summed E-state index contributed by atoms with van der Waals surface area (Å²) in [6.45, 7) is 10.8. The van der Waals surface area contributed by atoms with Crippen LogP contribution in [0.2, 0.25) is 5.02 Å². The van der Waals surface area contributed by atoms with Crippen LogP contribution in [0, 0.1) is 6.92 Å². The van der Waals surface area contributed by atoms with Gasteiger partial charge in [-0.1, -0.05) is 57.5 Å². The van der Waals surface area contributed by atoms with Gasteiger partial charge in [0.15, 0.2) is 0 Å². The molecule has 0 amide bonds. The van der Waals surface area contributed by atoms with Crippen molar-refractivity contribution in [3.8, 4) is 0 Å². The first-order valence-electron chi connectivity index (χ1n) is 6.44. The Labute approximate surface area is 114 Å². The average molecular weight is 262 g/mol. The van der Waals surface area contributed by atoms with E-state index in [0.29, 0.717) is 0 Å². The molecule has 0 aliphatic carbocycles. The third kappa shape index (κ3) is 2.12. The predicted molar refractivity (Wildman–Crippen MR) is 79.6 cm³/mol. The topological polar surface area (TPSA) is 12.9 Å². The number of aryl methyl sites for hydroxylation is 1. The van der Waals surface area contributed by atoms with Gasteiger partial charge in [0.25, 0.3) is 0 Å². The van der Waals surface area contributed by atoms with Gasteiger partial charge in [0.2, 0.25) is 0 Å². The van der Waals surface area contributed by atoms with Crippen molar-refractivity contribution in [2.45, 2.75) is 46.5 Å². The fourth-order valence-corrected chi connectivity index (χ4v) is 2.84. The van der Waals surface area contributed by atoms with E-state index in [1.165, 1.54) is 5.56 Å². The van der Waals surface area contributed by atoms with Gasteiger partial charge in [0.05, 0.1) is 10.5 Å². The Morgan fingerprint density at radius 1 is 1.22 bits per heavy atom. The van der Waals surface area contributed by atoms with Crippen LogP contribution < -0.4 is 0 Å². The first-order valence-corrected chi connectivity index (χ1v) is 6.82. The summed E-state index contributed by atoms with van der Waals surface area (Å²) >= 11 is 6.53. The largest absolute Gasteiger partial charge is 0.252 e. The van der Waals surface area contributed by atoms with E-state index in [2.05, 4.69) is 45.9 Å². The minimum absolute atomic E-state index is 0.0794. The molecule has 0 atom stereocenters. The van der Waals surface area contributed by atoms with E-state index in [4.69, 9.17) is 16.6 Å². The normalized spacial score (nSPS) is 12.1. The molecule has 0 aliphatic heterocycles. The van der Waals surface area contributed by atoms with Gasteiger partial charge < -0.3 is 0 Å². The summed E-state index contributed by atoms with van der Waals surface area (Å²) in [7, 11) is 0. The molecule has 1 heterocycles. The number of para-hydroxylation sites is 1. The molecule has 0 saturated heterocycles. The number of rotatable bonds is 1. The summed E-state index contributed by atoms with van der Waals surface area (Å²) in [5.74, 6) is 0. The van der Waals surface area contributed by atoms with Gasteiger partial charge in [-0.15, -0.1) is 0 Å². The van der Waals surface area contributed by atoms with E-state index in [9.17, 15) is 0 Å². The molecule has 18 heavy (non-hydrogen) atoms. The predicted octanol–water partition coefficient (Wildman–Crippen LogP) is 5.06. The monoisotopic (exact) mass is 261 g/mol. The van der Waals surface area contributed by atoms with Gasteiger partial charge in [-0.2, -0.15) is 0 Å². The summed E-state index contributed by atoms with van der Waals surface area (Å²) in [4.78, 5) is 4.79. The molecule has 1 aromatic heterocycles. The summed E-state index contributed by atoms with van der Waals surface area (Å²) < 4.78 is 0. The second-order valence-electron chi connectivity index (χ2n) is 5.80. The molecular formula is C16H20ClN. The molecule has 2 heteroatoms. The third-order valence-electron chi connectivity index (χ3n) is 3.42. The zero-order valence-electron chi connectivity index (χ0n) is 11.8. The molecule has 0 spiro atoms. The van der Waals surface area contributed by atoms with Crippen LogP contribution in [0.5, 0.6) is 0 Å². The number of benzene rings is 1. The SMILES string of the molecule is CCc1c(C)nc2c(C(C)(C)C)cccc2c1Cl. The van der Waals surface area contributed by atoms with Crippen LogP contribution >= 0.6 is 11.6 Å². The van der Waals surface area contributed by atoms with Crippen LogP contribution in [-0.2, 0) is 11.8 Å². The Morgan fingerprint density at radius 3 is 2.44 bits per heavy atom. The lowest BCUT2D eigenvalue weighted by Gasteiger charge is -2.22. The molecular weight excluding hydrogens is 242 g/mol. The molecule has 96 valence electrons. The van der Waals surface area contributed by atoms with E-state index in [1.807, 2.05) is 6.92 Å². The van der Waals surface area contributed by atoms with Gasteiger partial charge in [-0.05, 0) is 29.9 Å². The first-order chi connectivity index (χ1) is 8.36. The van der Waals surface area contributed by atoms with Crippen molar-refractivity contribution in [1.29, 1.82) is 0 Å². The highest BCUT2D eigenvalue weighted by atomic mass is 35.5. The minimum atomic E-state index is 0.0794. The number of halogens is 1. The van der Waals surface area contributed by atoms with Gasteiger partial charge in [0.1, 0.15) is 0 Å². The molecule has 0 saturated carbocycles. The van der Waals surface area contributed by atoms with E-state index in [1.54, 1.807) is 0 Å². The lowest BCUT2D eigenvalue weighted by molar-refractivity contribution is 0.594. The number of fused-ring (bicyclic) bond motifs is 1. The molecule has 0 fully saturated rings. The van der Waals surface area contributed by atoms with E-state index < -0.39 is 0 Å². The van der Waals surface area contributed by atoms with Crippen LogP contribution in [0.25, 0.3) is 10.9 Å². The van der Waals surface area contributed by atoms with Crippen LogP contribution in [0.4, 0.5) is 0 Å². The van der Waals surface area contributed by atoms with Crippen molar-refractivity contribution in [1.82, 2.24) is 4.98 Å². The van der Waals surface area contributed by atoms with Gasteiger partial charge in [-0.3, -0.25) is 4.98 Å². The molecule has 2 aromatic rings. The maximum atomic E-state index is 6.53. The van der Waals surface area contributed by atoms with Crippen molar-refractivity contribution >= 4 is 22.5 Å². The van der Waals surface area contributed by atoms with E-state index >= 15 is 0 Å². The molecule has 0 bridgehead atoms. The Balaban J connectivity index is 2.88. The zero-order valence-corrected chi connectivity index (χ0v) is 12.5. The smallest absolute Gasteiger partial charge is 0.0757 e. The standard InChI is InChI=1S/C16H20ClN/c1-6-11-10(2)18-15-12(14(11)17)8-7-9-13(15)16(3,4)5/h7-9H,6H2,1-5H3. The van der Waals surface area contributed by atoms with E-state index in [-0.39, 0.29) is 5.41 Å². The molecule has 0 aliphatic rings. The summed E-state index contributed by atoms with van der Waals surface area (Å²) in [6.07, 6.45) is 0.924. The van der Waals surface area contributed by atoms with Crippen molar-refractivity contribution in [2.75, 3.05) is 0 Å². The van der Waals surface area contributed by atoms with Crippen LogP contribution in [-0.4, -0.2) is 4.98 Å². The Hall–Kier alpha value is -1.08. The maximum absolute atomic E-state index is 6.53. The summed E-state index contributed by atoms with van der Waals surface area (Å²) in [5.41, 5.74) is 4.59. The van der Waals surface area contributed by atoms with Crippen molar-refractivity contribution < 1.29 is 0 Å². The average Bonchev–Trinajstić information content (AvgIpc) is 2.27. The fourth-order valence-electron chi connectivity index (χ4n) is 2.41. The van der Waals surface area contributed by atoms with Crippen molar-refractivity contribution in [2.24, 2.45) is 0 Å². The highest BCUT2D eigenvalue weighted by Gasteiger charge is 2.19. The maximum Gasteiger partial charge on any atom is 0.0757 e. The summed E-state index contributed by atoms with van der Waals surface area (Å²) in [5, 5.41) is 1.94. The van der Waals surface area contributed by atoms with E-state index in [0.717, 1.165) is 33.6 Å². The molecule has 1 aromatic carbocycles. The number of hydrogen-bond acceptors (Lipinski definition) is 1. The fraction of sp³-hybridized carbons (Fsp3) is 0.438. The number of aromatic nitrogens is 1. The highest BCUT2D eigenvalue weighted by Crippen LogP contribution is 2.34. The van der Waals surface area contributed by atoms with Crippen molar-refractivity contribution in [3.05, 3.63) is 40.0 Å².